The lowest BCUT2D eigenvalue weighted by molar-refractivity contribution is -0.139. The first-order valence-corrected chi connectivity index (χ1v) is 7.36. The molecule has 8 heteroatoms. The van der Waals surface area contributed by atoms with Gasteiger partial charge in [0.2, 0.25) is 0 Å². The minimum Gasteiger partial charge on any atom is -0.480 e. The lowest BCUT2D eigenvalue weighted by atomic mass is 10.2. The summed E-state index contributed by atoms with van der Waals surface area (Å²) >= 11 is 0. The number of carbonyl (C=O) groups is 1. The SMILES string of the molecule is CC[C@H](NS(=O)(=O)N1CC(C)OC(C)C1)C(=O)O. The minimum absolute atomic E-state index is 0.198. The van der Waals surface area contributed by atoms with Crippen LogP contribution in [0.4, 0.5) is 0 Å². The molecule has 0 radical (unpaired) electrons. The van der Waals surface area contributed by atoms with Crippen molar-refractivity contribution in [1.82, 2.24) is 9.03 Å². The third-order valence-electron chi connectivity index (χ3n) is 2.72. The van der Waals surface area contributed by atoms with E-state index in [0.29, 0.717) is 0 Å². The van der Waals surface area contributed by atoms with E-state index in [4.69, 9.17) is 9.84 Å². The van der Waals surface area contributed by atoms with Crippen LogP contribution in [-0.4, -0.2) is 55.1 Å². The number of hydrogen-bond acceptors (Lipinski definition) is 4. The van der Waals surface area contributed by atoms with Gasteiger partial charge in [-0.1, -0.05) is 6.92 Å². The topological polar surface area (TPSA) is 95.9 Å². The molecule has 0 aromatic heterocycles. The molecule has 7 nitrogen and oxygen atoms in total. The van der Waals surface area contributed by atoms with Gasteiger partial charge < -0.3 is 9.84 Å². The third-order valence-corrected chi connectivity index (χ3v) is 4.28. The van der Waals surface area contributed by atoms with Crippen LogP contribution in [0.2, 0.25) is 0 Å². The van der Waals surface area contributed by atoms with Gasteiger partial charge in [0.1, 0.15) is 6.04 Å². The van der Waals surface area contributed by atoms with Crippen LogP contribution in [0.25, 0.3) is 0 Å². The summed E-state index contributed by atoms with van der Waals surface area (Å²) in [5.74, 6) is -1.17. The normalized spacial score (nSPS) is 27.9. The zero-order valence-electron chi connectivity index (χ0n) is 10.8. The van der Waals surface area contributed by atoms with Gasteiger partial charge in [-0.25, -0.2) is 0 Å². The van der Waals surface area contributed by atoms with Crippen LogP contribution < -0.4 is 4.72 Å². The van der Waals surface area contributed by atoms with Crippen LogP contribution in [-0.2, 0) is 19.7 Å². The van der Waals surface area contributed by atoms with Gasteiger partial charge >= 0.3 is 5.97 Å². The first kappa shape index (κ1) is 15.4. The number of ether oxygens (including phenoxy) is 1. The second-order valence-electron chi connectivity index (χ2n) is 4.50. The summed E-state index contributed by atoms with van der Waals surface area (Å²) in [5.41, 5.74) is 0. The molecule has 1 aliphatic rings. The Morgan fingerprint density at radius 1 is 1.44 bits per heavy atom. The quantitative estimate of drug-likeness (QED) is 0.726. The Morgan fingerprint density at radius 3 is 2.33 bits per heavy atom. The smallest absolute Gasteiger partial charge is 0.321 e. The second kappa shape index (κ2) is 5.96. The molecule has 0 amide bonds. The maximum absolute atomic E-state index is 12.0. The van der Waals surface area contributed by atoms with Gasteiger partial charge in [-0.3, -0.25) is 4.79 Å². The average Bonchev–Trinajstić information content (AvgIpc) is 2.24. The molecular weight excluding hydrogens is 260 g/mol. The number of carboxylic acid groups (broad SMARTS) is 1. The number of carboxylic acids is 1. The molecule has 0 bridgehead atoms. The highest BCUT2D eigenvalue weighted by Crippen LogP contribution is 2.14. The fourth-order valence-corrected chi connectivity index (χ4v) is 3.48. The monoisotopic (exact) mass is 280 g/mol. The molecule has 1 saturated heterocycles. The zero-order chi connectivity index (χ0) is 13.9. The van der Waals surface area contributed by atoms with Gasteiger partial charge in [-0.05, 0) is 20.3 Å². The van der Waals surface area contributed by atoms with Gasteiger partial charge in [0, 0.05) is 13.1 Å². The summed E-state index contributed by atoms with van der Waals surface area (Å²) in [6, 6.07) is -1.09. The van der Waals surface area contributed by atoms with E-state index < -0.39 is 22.2 Å². The molecule has 0 aromatic carbocycles. The van der Waals surface area contributed by atoms with Gasteiger partial charge in [0.15, 0.2) is 0 Å². The molecular formula is C10H20N2O5S. The molecule has 0 saturated carbocycles. The molecule has 2 N–H and O–H groups in total. The standard InChI is InChI=1S/C10H20N2O5S/c1-4-9(10(13)14)11-18(15,16)12-5-7(2)17-8(3)6-12/h7-9,11H,4-6H2,1-3H3,(H,13,14)/t7?,8?,9-/m0/s1. The largest absolute Gasteiger partial charge is 0.480 e. The number of hydrogen-bond donors (Lipinski definition) is 2. The highest BCUT2D eigenvalue weighted by molar-refractivity contribution is 7.87. The van der Waals surface area contributed by atoms with Crippen molar-refractivity contribution in [2.45, 2.75) is 45.4 Å². The summed E-state index contributed by atoms with van der Waals surface area (Å²) in [6.07, 6.45) is -0.199. The summed E-state index contributed by atoms with van der Waals surface area (Å²) in [5, 5.41) is 8.87. The van der Waals surface area contributed by atoms with E-state index >= 15 is 0 Å². The van der Waals surface area contributed by atoms with Crippen molar-refractivity contribution in [1.29, 1.82) is 0 Å². The minimum atomic E-state index is -3.78. The number of nitrogens with zero attached hydrogens (tertiary/aromatic N) is 1. The van der Waals surface area contributed by atoms with Crippen LogP contribution >= 0.6 is 0 Å². The second-order valence-corrected chi connectivity index (χ2v) is 6.20. The van der Waals surface area contributed by atoms with Gasteiger partial charge in [-0.15, -0.1) is 0 Å². The predicted octanol–water partition coefficient (Wildman–Crippen LogP) is -0.207. The van der Waals surface area contributed by atoms with Gasteiger partial charge in [0.25, 0.3) is 10.2 Å². The lowest BCUT2D eigenvalue weighted by Gasteiger charge is -2.34. The van der Waals surface area contributed by atoms with Crippen LogP contribution in [0.15, 0.2) is 0 Å². The third kappa shape index (κ3) is 3.91. The molecule has 18 heavy (non-hydrogen) atoms. The molecule has 0 aliphatic carbocycles. The molecule has 1 rings (SSSR count). The van der Waals surface area contributed by atoms with Crippen LogP contribution in [0, 0.1) is 0 Å². The first-order valence-electron chi connectivity index (χ1n) is 5.92. The fourth-order valence-electron chi connectivity index (χ4n) is 1.89. The van der Waals surface area contributed by atoms with Crippen molar-refractivity contribution in [3.8, 4) is 0 Å². The molecule has 2 unspecified atom stereocenters. The van der Waals surface area contributed by atoms with Crippen molar-refractivity contribution in [2.24, 2.45) is 0 Å². The van der Waals surface area contributed by atoms with Crippen molar-refractivity contribution < 1.29 is 23.1 Å². The van der Waals surface area contributed by atoms with Gasteiger partial charge in [0.05, 0.1) is 12.2 Å². The molecule has 0 spiro atoms. The average molecular weight is 280 g/mol. The zero-order valence-corrected chi connectivity index (χ0v) is 11.6. The van der Waals surface area contributed by atoms with Crippen LogP contribution in [0.1, 0.15) is 27.2 Å². The molecule has 106 valence electrons. The first-order chi connectivity index (χ1) is 8.26. The maximum atomic E-state index is 12.0. The van der Waals surface area contributed by atoms with Crippen LogP contribution in [0.5, 0.6) is 0 Å². The van der Waals surface area contributed by atoms with Crippen molar-refractivity contribution in [3.05, 3.63) is 0 Å². The van der Waals surface area contributed by atoms with Crippen molar-refractivity contribution in [3.63, 3.8) is 0 Å². The lowest BCUT2D eigenvalue weighted by Crippen LogP contribution is -2.54. The Labute approximate surface area is 107 Å². The Hall–Kier alpha value is -0.700. The van der Waals surface area contributed by atoms with E-state index in [9.17, 15) is 13.2 Å². The highest BCUT2D eigenvalue weighted by Gasteiger charge is 2.33. The summed E-state index contributed by atoms with van der Waals surface area (Å²) in [7, 11) is -3.78. The van der Waals surface area contributed by atoms with E-state index in [0.717, 1.165) is 0 Å². The fraction of sp³-hybridized carbons (Fsp3) is 0.900. The number of nitrogens with one attached hydrogen (secondary N) is 1. The predicted molar refractivity (Wildman–Crippen MR) is 65.4 cm³/mol. The van der Waals surface area contributed by atoms with Crippen LogP contribution in [0.3, 0.4) is 0 Å². The molecule has 1 aliphatic heterocycles. The number of rotatable bonds is 5. The highest BCUT2D eigenvalue weighted by atomic mass is 32.2. The van der Waals surface area contributed by atoms with Crippen molar-refractivity contribution in [2.75, 3.05) is 13.1 Å². The van der Waals surface area contributed by atoms with E-state index in [1.54, 1.807) is 20.8 Å². The molecule has 1 fully saturated rings. The maximum Gasteiger partial charge on any atom is 0.321 e. The van der Waals surface area contributed by atoms with E-state index in [-0.39, 0.29) is 31.7 Å². The number of morpholine rings is 1. The Bertz CT molecular complexity index is 387. The van der Waals surface area contributed by atoms with E-state index in [2.05, 4.69) is 4.72 Å². The summed E-state index contributed by atoms with van der Waals surface area (Å²) < 4.78 is 33.0. The Kier molecular flexibility index (Phi) is 5.09. The number of aliphatic carboxylic acids is 1. The molecule has 0 aromatic rings. The van der Waals surface area contributed by atoms with Crippen molar-refractivity contribution >= 4 is 16.2 Å². The van der Waals surface area contributed by atoms with Gasteiger partial charge in [-0.2, -0.15) is 17.4 Å². The Morgan fingerprint density at radius 2 is 1.94 bits per heavy atom. The van der Waals surface area contributed by atoms with E-state index in [1.807, 2.05) is 0 Å². The summed E-state index contributed by atoms with van der Waals surface area (Å²) in [4.78, 5) is 10.8. The molecule has 1 heterocycles. The van der Waals surface area contributed by atoms with E-state index in [1.165, 1.54) is 4.31 Å². The summed E-state index contributed by atoms with van der Waals surface area (Å²) in [6.45, 7) is 5.65. The molecule has 3 atom stereocenters. The Balaban J connectivity index is 2.76.